The molecule has 1 aromatic carbocycles. The van der Waals surface area contributed by atoms with Gasteiger partial charge in [0.2, 0.25) is 5.95 Å². The highest BCUT2D eigenvalue weighted by Crippen LogP contribution is 2.18. The fraction of sp³-hybridized carbons (Fsp3) is 0.333. The summed E-state index contributed by atoms with van der Waals surface area (Å²) in [5.74, 6) is 2.27. The van der Waals surface area contributed by atoms with Crippen LogP contribution in [0.1, 0.15) is 19.4 Å². The van der Waals surface area contributed by atoms with E-state index >= 15 is 0 Å². The number of nitrogens with one attached hydrogen (secondary N) is 2. The maximum atomic E-state index is 5.32. The van der Waals surface area contributed by atoms with Crippen LogP contribution in [0.4, 0.5) is 11.8 Å². The molecule has 106 valence electrons. The molecule has 0 fully saturated rings. The minimum absolute atomic E-state index is 0.340. The van der Waals surface area contributed by atoms with E-state index in [1.165, 1.54) is 0 Å². The Labute approximate surface area is 119 Å². The van der Waals surface area contributed by atoms with Gasteiger partial charge in [-0.05, 0) is 26.0 Å². The second-order valence-corrected chi connectivity index (χ2v) is 4.73. The van der Waals surface area contributed by atoms with Crippen molar-refractivity contribution >= 4 is 11.8 Å². The topological polar surface area (TPSA) is 59.1 Å². The molecule has 5 nitrogen and oxygen atoms in total. The van der Waals surface area contributed by atoms with E-state index in [2.05, 4.69) is 34.4 Å². The van der Waals surface area contributed by atoms with E-state index in [9.17, 15) is 0 Å². The predicted molar refractivity (Wildman–Crippen MR) is 81.1 cm³/mol. The largest absolute Gasteiger partial charge is 0.496 e. The van der Waals surface area contributed by atoms with Gasteiger partial charge in [-0.15, -0.1) is 0 Å². The number of hydrogen-bond acceptors (Lipinski definition) is 5. The lowest BCUT2D eigenvalue weighted by atomic mass is 10.2. The maximum Gasteiger partial charge on any atom is 0.224 e. The number of anilines is 2. The minimum Gasteiger partial charge on any atom is -0.496 e. The van der Waals surface area contributed by atoms with E-state index in [1.54, 1.807) is 13.3 Å². The summed E-state index contributed by atoms with van der Waals surface area (Å²) in [7, 11) is 1.67. The van der Waals surface area contributed by atoms with Gasteiger partial charge in [0.05, 0.1) is 7.11 Å². The molecule has 0 bridgehead atoms. The van der Waals surface area contributed by atoms with Gasteiger partial charge < -0.3 is 15.4 Å². The normalized spacial score (nSPS) is 10.4. The molecule has 0 radical (unpaired) electrons. The molecule has 0 unspecified atom stereocenters. The lowest BCUT2D eigenvalue weighted by Crippen LogP contribution is -2.12. The number of para-hydroxylation sites is 1. The van der Waals surface area contributed by atoms with Crippen molar-refractivity contribution in [2.45, 2.75) is 26.4 Å². The number of rotatable bonds is 6. The van der Waals surface area contributed by atoms with Crippen molar-refractivity contribution in [3.8, 4) is 5.75 Å². The highest BCUT2D eigenvalue weighted by Gasteiger charge is 2.04. The van der Waals surface area contributed by atoms with Crippen LogP contribution in [0.3, 0.4) is 0 Å². The fourth-order valence-electron chi connectivity index (χ4n) is 1.84. The maximum absolute atomic E-state index is 5.32. The summed E-state index contributed by atoms with van der Waals surface area (Å²) in [6, 6.07) is 10.1. The van der Waals surface area contributed by atoms with Gasteiger partial charge in [0.25, 0.3) is 0 Å². The number of nitrogens with zero attached hydrogens (tertiary/aromatic N) is 2. The van der Waals surface area contributed by atoms with Crippen molar-refractivity contribution in [2.75, 3.05) is 17.7 Å². The number of benzene rings is 1. The van der Waals surface area contributed by atoms with E-state index in [0.717, 1.165) is 17.1 Å². The van der Waals surface area contributed by atoms with E-state index < -0.39 is 0 Å². The lowest BCUT2D eigenvalue weighted by molar-refractivity contribution is 0.410. The zero-order valence-corrected chi connectivity index (χ0v) is 12.1. The second kappa shape index (κ2) is 6.75. The third-order valence-electron chi connectivity index (χ3n) is 2.72. The highest BCUT2D eigenvalue weighted by molar-refractivity contribution is 5.42. The molecule has 2 rings (SSSR count). The molecular weight excluding hydrogens is 252 g/mol. The van der Waals surface area contributed by atoms with Crippen molar-refractivity contribution in [2.24, 2.45) is 0 Å². The van der Waals surface area contributed by atoms with Crippen molar-refractivity contribution in [1.82, 2.24) is 9.97 Å². The molecule has 0 amide bonds. The Bertz CT molecular complexity index is 557. The number of aromatic nitrogens is 2. The lowest BCUT2D eigenvalue weighted by Gasteiger charge is -2.11. The third kappa shape index (κ3) is 3.85. The Balaban J connectivity index is 2.03. The fourth-order valence-corrected chi connectivity index (χ4v) is 1.84. The summed E-state index contributed by atoms with van der Waals surface area (Å²) >= 11 is 0. The van der Waals surface area contributed by atoms with Crippen LogP contribution in [0.25, 0.3) is 0 Å². The van der Waals surface area contributed by atoms with E-state index in [0.29, 0.717) is 18.5 Å². The van der Waals surface area contributed by atoms with E-state index in [-0.39, 0.29) is 0 Å². The monoisotopic (exact) mass is 272 g/mol. The first kappa shape index (κ1) is 14.1. The molecule has 5 heteroatoms. The van der Waals surface area contributed by atoms with Gasteiger partial charge in [-0.25, -0.2) is 4.98 Å². The second-order valence-electron chi connectivity index (χ2n) is 4.73. The Morgan fingerprint density at radius 1 is 1.20 bits per heavy atom. The van der Waals surface area contributed by atoms with Gasteiger partial charge in [-0.1, -0.05) is 18.2 Å². The van der Waals surface area contributed by atoms with E-state index in [4.69, 9.17) is 4.74 Å². The average molecular weight is 272 g/mol. The van der Waals surface area contributed by atoms with E-state index in [1.807, 2.05) is 30.3 Å². The van der Waals surface area contributed by atoms with Gasteiger partial charge in [0.1, 0.15) is 11.6 Å². The first-order chi connectivity index (χ1) is 9.69. The van der Waals surface area contributed by atoms with Crippen LogP contribution in [0, 0.1) is 0 Å². The van der Waals surface area contributed by atoms with Crippen LogP contribution < -0.4 is 15.4 Å². The first-order valence-corrected chi connectivity index (χ1v) is 6.64. The van der Waals surface area contributed by atoms with Gasteiger partial charge in [0.15, 0.2) is 0 Å². The Kier molecular flexibility index (Phi) is 4.76. The van der Waals surface area contributed by atoms with Crippen molar-refractivity contribution in [3.63, 3.8) is 0 Å². The summed E-state index contributed by atoms with van der Waals surface area (Å²) in [6.45, 7) is 4.77. The molecule has 0 spiro atoms. The quantitative estimate of drug-likeness (QED) is 0.846. The average Bonchev–Trinajstić information content (AvgIpc) is 2.45. The summed E-state index contributed by atoms with van der Waals surface area (Å²) in [5.41, 5.74) is 1.07. The highest BCUT2D eigenvalue weighted by atomic mass is 16.5. The number of hydrogen-bond donors (Lipinski definition) is 2. The van der Waals surface area contributed by atoms with Gasteiger partial charge >= 0.3 is 0 Å². The van der Waals surface area contributed by atoms with Crippen LogP contribution in [-0.4, -0.2) is 23.1 Å². The van der Waals surface area contributed by atoms with Crippen molar-refractivity contribution in [3.05, 3.63) is 42.1 Å². The summed E-state index contributed by atoms with van der Waals surface area (Å²) < 4.78 is 5.32. The zero-order valence-electron chi connectivity index (χ0n) is 12.1. The third-order valence-corrected chi connectivity index (χ3v) is 2.72. The molecule has 1 heterocycles. The standard InChI is InChI=1S/C15H20N4O/c1-11(2)18-14-8-9-16-15(19-14)17-10-12-6-4-5-7-13(12)20-3/h4-9,11H,10H2,1-3H3,(H2,16,17,18,19). The van der Waals surface area contributed by atoms with Crippen LogP contribution in [0.2, 0.25) is 0 Å². The Hall–Kier alpha value is -2.30. The molecule has 0 aliphatic heterocycles. The number of ether oxygens (including phenoxy) is 1. The SMILES string of the molecule is COc1ccccc1CNc1nccc(NC(C)C)n1. The Morgan fingerprint density at radius 3 is 2.75 bits per heavy atom. The molecule has 0 saturated heterocycles. The Morgan fingerprint density at radius 2 is 2.00 bits per heavy atom. The van der Waals surface area contributed by atoms with Gasteiger partial charge in [-0.3, -0.25) is 0 Å². The van der Waals surface area contributed by atoms with Crippen molar-refractivity contribution < 1.29 is 4.74 Å². The predicted octanol–water partition coefficient (Wildman–Crippen LogP) is 2.92. The molecule has 0 aliphatic rings. The number of methoxy groups -OCH3 is 1. The minimum atomic E-state index is 0.340. The summed E-state index contributed by atoms with van der Waals surface area (Å²) in [6.07, 6.45) is 1.74. The molecule has 2 aromatic rings. The van der Waals surface area contributed by atoms with Crippen LogP contribution in [0.5, 0.6) is 5.75 Å². The molecule has 0 saturated carbocycles. The molecular formula is C15H20N4O. The van der Waals surface area contributed by atoms with Crippen molar-refractivity contribution in [1.29, 1.82) is 0 Å². The van der Waals surface area contributed by atoms with Crippen LogP contribution in [0.15, 0.2) is 36.5 Å². The van der Waals surface area contributed by atoms with Crippen LogP contribution in [-0.2, 0) is 6.54 Å². The molecule has 0 atom stereocenters. The smallest absolute Gasteiger partial charge is 0.224 e. The summed E-state index contributed by atoms with van der Waals surface area (Å²) in [5, 5.41) is 6.46. The first-order valence-electron chi connectivity index (χ1n) is 6.64. The van der Waals surface area contributed by atoms with Gasteiger partial charge in [0, 0.05) is 24.3 Å². The molecule has 1 aromatic heterocycles. The molecule has 20 heavy (non-hydrogen) atoms. The zero-order chi connectivity index (χ0) is 14.4. The van der Waals surface area contributed by atoms with Crippen LogP contribution >= 0.6 is 0 Å². The van der Waals surface area contributed by atoms with Gasteiger partial charge in [-0.2, -0.15) is 4.98 Å². The summed E-state index contributed by atoms with van der Waals surface area (Å²) in [4.78, 5) is 8.62. The molecule has 0 aliphatic carbocycles. The molecule has 2 N–H and O–H groups in total.